The molecule has 5 nitrogen and oxygen atoms in total. The van der Waals surface area contributed by atoms with E-state index in [0.717, 1.165) is 31.9 Å². The van der Waals surface area contributed by atoms with Crippen LogP contribution < -0.4 is 5.73 Å². The molecule has 5 heteroatoms. The largest absolute Gasteiger partial charge is 0.329 e. The third kappa shape index (κ3) is 3.22. The number of aryl methyl sites for hydroxylation is 2. The van der Waals surface area contributed by atoms with Crippen LogP contribution in [0.15, 0.2) is 6.20 Å². The molecule has 0 radical (unpaired) electrons. The second-order valence-corrected chi connectivity index (χ2v) is 6.79. The number of rotatable bonds is 3. The van der Waals surface area contributed by atoms with Crippen LogP contribution >= 0.6 is 0 Å². The number of hydrogen-bond acceptors (Lipinski definition) is 4. The second kappa shape index (κ2) is 5.84. The van der Waals surface area contributed by atoms with Crippen LogP contribution in [0, 0.1) is 6.92 Å². The molecule has 1 aliphatic heterocycles. The van der Waals surface area contributed by atoms with E-state index in [1.54, 1.807) is 0 Å². The highest BCUT2D eigenvalue weighted by molar-refractivity contribution is 5.21. The summed E-state index contributed by atoms with van der Waals surface area (Å²) < 4.78 is 1.89. The van der Waals surface area contributed by atoms with E-state index in [9.17, 15) is 0 Å². The number of nitrogens with two attached hydrogens (primary N) is 1. The summed E-state index contributed by atoms with van der Waals surface area (Å²) >= 11 is 0. The molecular formula is C15H29N5. The Bertz CT molecular complexity index is 438. The Hall–Kier alpha value is -0.910. The minimum Gasteiger partial charge on any atom is -0.329 e. The number of aromatic nitrogens is 2. The molecule has 2 heterocycles. The molecule has 0 aromatic carbocycles. The van der Waals surface area contributed by atoms with Gasteiger partial charge in [-0.15, -0.1) is 0 Å². The van der Waals surface area contributed by atoms with Gasteiger partial charge in [0, 0.05) is 57.1 Å². The number of hydrogen-bond donors (Lipinski definition) is 1. The van der Waals surface area contributed by atoms with Gasteiger partial charge in [0.2, 0.25) is 0 Å². The minimum absolute atomic E-state index is 0.258. The van der Waals surface area contributed by atoms with Crippen molar-refractivity contribution in [2.75, 3.05) is 32.7 Å². The van der Waals surface area contributed by atoms with E-state index in [1.807, 2.05) is 11.7 Å². The van der Waals surface area contributed by atoms with E-state index in [2.05, 4.69) is 48.8 Å². The molecule has 2 N–H and O–H groups in total. The summed E-state index contributed by atoms with van der Waals surface area (Å²) in [6.07, 6.45) is 2.11. The molecule has 20 heavy (non-hydrogen) atoms. The topological polar surface area (TPSA) is 50.3 Å². The summed E-state index contributed by atoms with van der Waals surface area (Å²) in [5, 5.41) is 4.45. The van der Waals surface area contributed by atoms with Gasteiger partial charge in [0.15, 0.2) is 0 Å². The second-order valence-electron chi connectivity index (χ2n) is 6.79. The number of piperazine rings is 1. The van der Waals surface area contributed by atoms with Crippen molar-refractivity contribution in [3.63, 3.8) is 0 Å². The lowest BCUT2D eigenvalue weighted by molar-refractivity contribution is 0.0432. The van der Waals surface area contributed by atoms with Gasteiger partial charge in [0.05, 0.1) is 11.7 Å². The van der Waals surface area contributed by atoms with Crippen LogP contribution in [-0.4, -0.2) is 57.8 Å². The van der Waals surface area contributed by atoms with Gasteiger partial charge < -0.3 is 5.73 Å². The summed E-state index contributed by atoms with van der Waals surface area (Å²) in [5.74, 6) is 0. The van der Waals surface area contributed by atoms with E-state index in [0.29, 0.717) is 12.6 Å². The molecule has 0 aliphatic carbocycles. The highest BCUT2D eigenvalue weighted by atomic mass is 15.3. The van der Waals surface area contributed by atoms with Crippen molar-refractivity contribution in [3.8, 4) is 0 Å². The van der Waals surface area contributed by atoms with Crippen molar-refractivity contribution < 1.29 is 0 Å². The molecule has 1 aliphatic rings. The van der Waals surface area contributed by atoms with Crippen LogP contribution in [0.1, 0.15) is 38.1 Å². The fourth-order valence-corrected chi connectivity index (χ4v) is 3.12. The van der Waals surface area contributed by atoms with Gasteiger partial charge in [0.1, 0.15) is 0 Å². The molecule has 1 atom stereocenters. The average molecular weight is 279 g/mol. The third-order valence-electron chi connectivity index (χ3n) is 4.34. The minimum atomic E-state index is 0.258. The van der Waals surface area contributed by atoms with Gasteiger partial charge in [-0.3, -0.25) is 14.5 Å². The lowest BCUT2D eigenvalue weighted by Crippen LogP contribution is -2.54. The molecule has 1 unspecified atom stereocenters. The van der Waals surface area contributed by atoms with Crippen molar-refractivity contribution in [3.05, 3.63) is 17.5 Å². The Labute approximate surface area is 122 Å². The molecule has 0 spiro atoms. The van der Waals surface area contributed by atoms with Crippen LogP contribution in [0.5, 0.6) is 0 Å². The lowest BCUT2D eigenvalue weighted by atomic mass is 10.0. The molecule has 1 saturated heterocycles. The highest BCUT2D eigenvalue weighted by Crippen LogP contribution is 2.25. The first kappa shape index (κ1) is 15.5. The summed E-state index contributed by atoms with van der Waals surface area (Å²) in [6.45, 7) is 14.0. The van der Waals surface area contributed by atoms with Gasteiger partial charge >= 0.3 is 0 Å². The summed E-state index contributed by atoms with van der Waals surface area (Å²) in [5.41, 5.74) is 8.68. The third-order valence-corrected chi connectivity index (χ3v) is 4.34. The van der Waals surface area contributed by atoms with E-state index >= 15 is 0 Å². The van der Waals surface area contributed by atoms with Crippen molar-refractivity contribution in [2.24, 2.45) is 12.8 Å². The predicted octanol–water partition coefficient (Wildman–Crippen LogP) is 1.14. The molecule has 1 aromatic rings. The SMILES string of the molecule is Cc1nn(C)cc1C(CN)N1CCN(C(C)(C)C)CC1. The fraction of sp³-hybridized carbons (Fsp3) is 0.800. The first-order valence-electron chi connectivity index (χ1n) is 7.52. The maximum Gasteiger partial charge on any atom is 0.0641 e. The first-order valence-corrected chi connectivity index (χ1v) is 7.52. The normalized spacial score (nSPS) is 20.3. The van der Waals surface area contributed by atoms with E-state index in [1.165, 1.54) is 5.56 Å². The van der Waals surface area contributed by atoms with Crippen LogP contribution in [0.2, 0.25) is 0 Å². The van der Waals surface area contributed by atoms with Gasteiger partial charge in [-0.2, -0.15) is 5.10 Å². The van der Waals surface area contributed by atoms with E-state index < -0.39 is 0 Å². The summed E-state index contributed by atoms with van der Waals surface area (Å²) in [4.78, 5) is 5.05. The smallest absolute Gasteiger partial charge is 0.0641 e. The van der Waals surface area contributed by atoms with Crippen LogP contribution in [0.3, 0.4) is 0 Å². The predicted molar refractivity (Wildman–Crippen MR) is 82.6 cm³/mol. The standard InChI is InChI=1S/C15H29N5/c1-12-13(11-18(5)17-12)14(10-16)19-6-8-20(9-7-19)15(2,3)4/h11,14H,6-10,16H2,1-5H3. The molecule has 1 fully saturated rings. The van der Waals surface area contributed by atoms with Gasteiger partial charge in [0.25, 0.3) is 0 Å². The van der Waals surface area contributed by atoms with Gasteiger partial charge in [-0.25, -0.2) is 0 Å². The van der Waals surface area contributed by atoms with Gasteiger partial charge in [-0.1, -0.05) is 0 Å². The zero-order chi connectivity index (χ0) is 14.9. The highest BCUT2D eigenvalue weighted by Gasteiger charge is 2.30. The summed E-state index contributed by atoms with van der Waals surface area (Å²) in [7, 11) is 1.97. The lowest BCUT2D eigenvalue weighted by Gasteiger charge is -2.44. The Morgan fingerprint density at radius 1 is 1.25 bits per heavy atom. The van der Waals surface area contributed by atoms with Crippen molar-refractivity contribution >= 4 is 0 Å². The Kier molecular flexibility index (Phi) is 4.52. The average Bonchev–Trinajstić information content (AvgIpc) is 2.69. The zero-order valence-corrected chi connectivity index (χ0v) is 13.6. The van der Waals surface area contributed by atoms with Crippen molar-refractivity contribution in [1.82, 2.24) is 19.6 Å². The van der Waals surface area contributed by atoms with Crippen LogP contribution in [0.4, 0.5) is 0 Å². The first-order chi connectivity index (χ1) is 9.32. The maximum atomic E-state index is 6.04. The van der Waals surface area contributed by atoms with Crippen LogP contribution in [-0.2, 0) is 7.05 Å². The monoisotopic (exact) mass is 279 g/mol. The molecule has 2 rings (SSSR count). The Balaban J connectivity index is 2.06. The molecular weight excluding hydrogens is 250 g/mol. The molecule has 0 amide bonds. The van der Waals surface area contributed by atoms with E-state index in [-0.39, 0.29) is 5.54 Å². The quantitative estimate of drug-likeness (QED) is 0.901. The molecule has 0 bridgehead atoms. The van der Waals surface area contributed by atoms with Crippen molar-refractivity contribution in [2.45, 2.75) is 39.3 Å². The fourth-order valence-electron chi connectivity index (χ4n) is 3.12. The van der Waals surface area contributed by atoms with E-state index in [4.69, 9.17) is 5.73 Å². The van der Waals surface area contributed by atoms with Crippen LogP contribution in [0.25, 0.3) is 0 Å². The Morgan fingerprint density at radius 3 is 2.25 bits per heavy atom. The number of nitrogens with zero attached hydrogens (tertiary/aromatic N) is 4. The van der Waals surface area contributed by atoms with Crippen molar-refractivity contribution in [1.29, 1.82) is 0 Å². The van der Waals surface area contributed by atoms with Gasteiger partial charge in [-0.05, 0) is 27.7 Å². The molecule has 1 aromatic heterocycles. The maximum absolute atomic E-state index is 6.04. The molecule has 114 valence electrons. The Morgan fingerprint density at radius 2 is 1.85 bits per heavy atom. The zero-order valence-electron chi connectivity index (χ0n) is 13.6. The molecule has 0 saturated carbocycles. The summed E-state index contributed by atoms with van der Waals surface area (Å²) in [6, 6.07) is 0.297.